The van der Waals surface area contributed by atoms with Crippen molar-refractivity contribution in [2.24, 2.45) is 0 Å². The average molecular weight is 398 g/mol. The lowest BCUT2D eigenvalue weighted by Gasteiger charge is -2.19. The Labute approximate surface area is 170 Å². The molecule has 1 aliphatic rings. The zero-order chi connectivity index (χ0) is 20.8. The van der Waals surface area contributed by atoms with E-state index in [1.807, 2.05) is 18.2 Å². The van der Waals surface area contributed by atoms with E-state index in [0.29, 0.717) is 24.2 Å². The van der Waals surface area contributed by atoms with Gasteiger partial charge in [-0.15, -0.1) is 0 Å². The van der Waals surface area contributed by atoms with Crippen molar-refractivity contribution >= 4 is 11.8 Å². The van der Waals surface area contributed by atoms with Gasteiger partial charge in [0.25, 0.3) is 11.8 Å². The summed E-state index contributed by atoms with van der Waals surface area (Å²) in [6.07, 6.45) is 0.861. The van der Waals surface area contributed by atoms with Crippen molar-refractivity contribution in [3.05, 3.63) is 59.2 Å². The smallest absolute Gasteiger partial charge is 0.261 e. The maximum Gasteiger partial charge on any atom is 0.261 e. The van der Waals surface area contributed by atoms with Gasteiger partial charge in [0.1, 0.15) is 11.5 Å². The van der Waals surface area contributed by atoms with Crippen molar-refractivity contribution in [3.8, 4) is 11.5 Å². The molecule has 2 aromatic carbocycles. The second kappa shape index (κ2) is 9.54. The van der Waals surface area contributed by atoms with Crippen LogP contribution in [0.15, 0.2) is 42.5 Å². The van der Waals surface area contributed by atoms with Crippen LogP contribution in [0.25, 0.3) is 0 Å². The molecule has 7 nitrogen and oxygen atoms in total. The molecule has 0 aliphatic carbocycles. The largest absolute Gasteiger partial charge is 0.497 e. The first-order valence-corrected chi connectivity index (χ1v) is 9.59. The molecule has 1 heterocycles. The molecule has 2 amide bonds. The number of rotatable bonds is 10. The SMILES string of the molecule is COc1cc(CCCNCC(O)CN2C(=O)c3ccccc3C2=O)cc(OC)c1. The highest BCUT2D eigenvalue weighted by molar-refractivity contribution is 6.21. The number of aliphatic hydroxyl groups excluding tert-OH is 1. The van der Waals surface area contributed by atoms with Crippen molar-refractivity contribution in [3.63, 3.8) is 0 Å². The molecule has 7 heteroatoms. The van der Waals surface area contributed by atoms with Crippen LogP contribution in [0.4, 0.5) is 0 Å². The fourth-order valence-corrected chi connectivity index (χ4v) is 3.38. The van der Waals surface area contributed by atoms with Gasteiger partial charge in [-0.25, -0.2) is 0 Å². The first kappa shape index (κ1) is 20.8. The Morgan fingerprint density at radius 2 is 1.59 bits per heavy atom. The second-order valence-electron chi connectivity index (χ2n) is 6.95. The summed E-state index contributed by atoms with van der Waals surface area (Å²) in [5.74, 6) is 0.806. The number of nitrogens with one attached hydrogen (secondary N) is 1. The van der Waals surface area contributed by atoms with E-state index in [9.17, 15) is 14.7 Å². The lowest BCUT2D eigenvalue weighted by atomic mass is 10.1. The summed E-state index contributed by atoms with van der Waals surface area (Å²) in [5, 5.41) is 13.4. The standard InChI is InChI=1S/C22H26N2O5/c1-28-17-10-15(11-18(12-17)29-2)6-5-9-23-13-16(25)14-24-21(26)19-7-3-4-8-20(19)22(24)27/h3-4,7-8,10-12,16,23,25H,5-6,9,13-14H2,1-2H3. The Bertz CT molecular complexity index is 826. The zero-order valence-corrected chi connectivity index (χ0v) is 16.7. The molecule has 0 bridgehead atoms. The van der Waals surface area contributed by atoms with Crippen LogP contribution < -0.4 is 14.8 Å². The number of amides is 2. The number of imide groups is 1. The van der Waals surface area contributed by atoms with E-state index in [1.54, 1.807) is 38.5 Å². The van der Waals surface area contributed by atoms with Gasteiger partial charge in [0.15, 0.2) is 0 Å². The predicted octanol–water partition coefficient (Wildman–Crippen LogP) is 1.88. The summed E-state index contributed by atoms with van der Waals surface area (Å²) < 4.78 is 10.5. The summed E-state index contributed by atoms with van der Waals surface area (Å²) in [5.41, 5.74) is 1.90. The number of benzene rings is 2. The highest BCUT2D eigenvalue weighted by Gasteiger charge is 2.35. The first-order valence-electron chi connectivity index (χ1n) is 9.59. The van der Waals surface area contributed by atoms with E-state index in [4.69, 9.17) is 9.47 Å². The lowest BCUT2D eigenvalue weighted by Crippen LogP contribution is -2.41. The number of β-amino-alcohol motifs (C(OH)–C–C–N with tert-alkyl or cyclic N) is 1. The number of hydrogen-bond acceptors (Lipinski definition) is 6. The van der Waals surface area contributed by atoms with Gasteiger partial charge in [0.05, 0.1) is 38.0 Å². The molecular formula is C22H26N2O5. The normalized spacial score (nSPS) is 14.1. The number of fused-ring (bicyclic) bond motifs is 1. The molecule has 1 atom stereocenters. The van der Waals surface area contributed by atoms with Gasteiger partial charge in [0.2, 0.25) is 0 Å². The second-order valence-corrected chi connectivity index (χ2v) is 6.95. The average Bonchev–Trinajstić information content (AvgIpc) is 2.98. The number of methoxy groups -OCH3 is 2. The van der Waals surface area contributed by atoms with Crippen LogP contribution in [0.3, 0.4) is 0 Å². The number of aryl methyl sites for hydroxylation is 1. The Kier molecular flexibility index (Phi) is 6.85. The lowest BCUT2D eigenvalue weighted by molar-refractivity contribution is 0.0544. The third-order valence-corrected chi connectivity index (χ3v) is 4.88. The van der Waals surface area contributed by atoms with Gasteiger partial charge in [0, 0.05) is 12.6 Å². The fraction of sp³-hybridized carbons (Fsp3) is 0.364. The topological polar surface area (TPSA) is 88.1 Å². The molecule has 0 fully saturated rings. The maximum atomic E-state index is 12.3. The minimum absolute atomic E-state index is 0.0214. The van der Waals surface area contributed by atoms with Crippen molar-refractivity contribution in [1.82, 2.24) is 10.2 Å². The molecule has 3 rings (SSSR count). The minimum atomic E-state index is -0.825. The summed E-state index contributed by atoms with van der Waals surface area (Å²) >= 11 is 0. The summed E-state index contributed by atoms with van der Waals surface area (Å²) in [7, 11) is 3.24. The Balaban J connectivity index is 1.42. The quantitative estimate of drug-likeness (QED) is 0.469. The maximum absolute atomic E-state index is 12.3. The monoisotopic (exact) mass is 398 g/mol. The molecule has 2 N–H and O–H groups in total. The van der Waals surface area contributed by atoms with E-state index < -0.39 is 6.10 Å². The van der Waals surface area contributed by atoms with Crippen LogP contribution in [0.5, 0.6) is 11.5 Å². The molecule has 0 spiro atoms. The van der Waals surface area contributed by atoms with E-state index >= 15 is 0 Å². The highest BCUT2D eigenvalue weighted by atomic mass is 16.5. The van der Waals surface area contributed by atoms with Gasteiger partial charge in [-0.3, -0.25) is 14.5 Å². The predicted molar refractivity (Wildman–Crippen MR) is 109 cm³/mol. The van der Waals surface area contributed by atoms with E-state index in [0.717, 1.165) is 34.8 Å². The molecule has 29 heavy (non-hydrogen) atoms. The molecule has 0 saturated heterocycles. The summed E-state index contributed by atoms with van der Waals surface area (Å²) in [4.78, 5) is 25.8. The third-order valence-electron chi connectivity index (χ3n) is 4.88. The van der Waals surface area contributed by atoms with E-state index in [-0.39, 0.29) is 18.4 Å². The number of ether oxygens (including phenoxy) is 2. The van der Waals surface area contributed by atoms with Crippen molar-refractivity contribution in [1.29, 1.82) is 0 Å². The number of nitrogens with zero attached hydrogens (tertiary/aromatic N) is 1. The number of carbonyl (C=O) groups excluding carboxylic acids is 2. The fourth-order valence-electron chi connectivity index (χ4n) is 3.38. The molecule has 0 radical (unpaired) electrons. The molecule has 1 unspecified atom stereocenters. The van der Waals surface area contributed by atoms with Crippen LogP contribution in [0, 0.1) is 0 Å². The Hall–Kier alpha value is -2.90. The van der Waals surface area contributed by atoms with Crippen molar-refractivity contribution in [2.45, 2.75) is 18.9 Å². The van der Waals surface area contributed by atoms with Gasteiger partial charge < -0.3 is 19.9 Å². The molecule has 154 valence electrons. The molecule has 0 aromatic heterocycles. The van der Waals surface area contributed by atoms with E-state index in [1.165, 1.54) is 0 Å². The molecule has 0 saturated carbocycles. The van der Waals surface area contributed by atoms with Gasteiger partial charge in [-0.2, -0.15) is 0 Å². The van der Waals surface area contributed by atoms with Crippen LogP contribution in [-0.4, -0.2) is 61.8 Å². The minimum Gasteiger partial charge on any atom is -0.497 e. The van der Waals surface area contributed by atoms with E-state index in [2.05, 4.69) is 5.32 Å². The third kappa shape index (κ3) is 4.93. The van der Waals surface area contributed by atoms with Gasteiger partial charge >= 0.3 is 0 Å². The number of carbonyl (C=O) groups is 2. The molecule has 1 aliphatic heterocycles. The van der Waals surface area contributed by atoms with Crippen LogP contribution in [0.2, 0.25) is 0 Å². The zero-order valence-electron chi connectivity index (χ0n) is 16.7. The number of hydrogen-bond donors (Lipinski definition) is 2. The highest BCUT2D eigenvalue weighted by Crippen LogP contribution is 2.23. The molecule has 2 aromatic rings. The van der Waals surface area contributed by atoms with Crippen LogP contribution >= 0.6 is 0 Å². The van der Waals surface area contributed by atoms with Crippen molar-refractivity contribution in [2.75, 3.05) is 33.9 Å². The van der Waals surface area contributed by atoms with Gasteiger partial charge in [-0.1, -0.05) is 12.1 Å². The Morgan fingerprint density at radius 3 is 2.14 bits per heavy atom. The molecular weight excluding hydrogens is 372 g/mol. The van der Waals surface area contributed by atoms with Crippen molar-refractivity contribution < 1.29 is 24.2 Å². The first-order chi connectivity index (χ1) is 14.0. The van der Waals surface area contributed by atoms with Gasteiger partial charge in [-0.05, 0) is 49.2 Å². The van der Waals surface area contributed by atoms with Crippen LogP contribution in [0.1, 0.15) is 32.7 Å². The summed E-state index contributed by atoms with van der Waals surface area (Å²) in [6.45, 7) is 0.972. The van der Waals surface area contributed by atoms with Crippen LogP contribution in [-0.2, 0) is 6.42 Å². The number of aliphatic hydroxyl groups is 1. The summed E-state index contributed by atoms with van der Waals surface area (Å²) in [6, 6.07) is 12.5. The Morgan fingerprint density at radius 1 is 1.00 bits per heavy atom.